The Kier molecular flexibility index (Phi) is 5.21. The zero-order chi connectivity index (χ0) is 16.2. The van der Waals surface area contributed by atoms with Gasteiger partial charge in [0.1, 0.15) is 11.0 Å². The Labute approximate surface area is 141 Å². The van der Waals surface area contributed by atoms with Crippen molar-refractivity contribution >= 4 is 33.7 Å². The second kappa shape index (κ2) is 7.35. The summed E-state index contributed by atoms with van der Waals surface area (Å²) in [5.74, 6) is -0.161. The number of ether oxygens (including phenoxy) is 2. The fraction of sp³-hybridized carbons (Fsp3) is 0.500. The number of rotatable bonds is 5. The van der Waals surface area contributed by atoms with E-state index in [9.17, 15) is 4.79 Å². The van der Waals surface area contributed by atoms with E-state index in [0.717, 1.165) is 5.69 Å². The van der Waals surface area contributed by atoms with Gasteiger partial charge >= 0.3 is 0 Å². The molecule has 1 aliphatic heterocycles. The lowest BCUT2D eigenvalue weighted by Gasteiger charge is -2.31. The van der Waals surface area contributed by atoms with E-state index in [-0.39, 0.29) is 18.1 Å². The number of nitrogen functional groups attached to an aromatic ring is 1. The van der Waals surface area contributed by atoms with E-state index in [4.69, 9.17) is 15.2 Å². The van der Waals surface area contributed by atoms with Crippen LogP contribution in [0.2, 0.25) is 0 Å². The molecular weight excluding hydrogens is 336 g/mol. The standard InChI is InChI=1S/C14H18N4O3S2/c1-8-12(23-14(15)17-8)13(19)18-10-2-3-20-5-11(10)21-4-9-6-22-7-16-9/h6-7,10-11H,2-5H2,1H3,(H2,15,17)(H,18,19)/t10-,11-/m1/s1. The molecule has 0 saturated carbocycles. The first-order valence-electron chi connectivity index (χ1n) is 7.23. The lowest BCUT2D eigenvalue weighted by molar-refractivity contribution is -0.0742. The van der Waals surface area contributed by atoms with Crippen LogP contribution in [0.5, 0.6) is 0 Å². The van der Waals surface area contributed by atoms with Crippen molar-refractivity contribution in [2.45, 2.75) is 32.1 Å². The van der Waals surface area contributed by atoms with Gasteiger partial charge < -0.3 is 20.5 Å². The molecule has 3 rings (SSSR count). The van der Waals surface area contributed by atoms with E-state index < -0.39 is 0 Å². The SMILES string of the molecule is Cc1nc(N)sc1C(=O)N[C@@H]1CCOC[C@H]1OCc1cscn1. The summed E-state index contributed by atoms with van der Waals surface area (Å²) in [5, 5.41) is 5.37. The Morgan fingerprint density at radius 1 is 1.61 bits per heavy atom. The van der Waals surface area contributed by atoms with Crippen molar-refractivity contribution in [2.24, 2.45) is 0 Å². The summed E-state index contributed by atoms with van der Waals surface area (Å²) in [5.41, 5.74) is 8.96. The highest BCUT2D eigenvalue weighted by molar-refractivity contribution is 7.17. The second-order valence-corrected chi connectivity index (χ2v) is 6.99. The molecule has 0 aliphatic carbocycles. The van der Waals surface area contributed by atoms with Crippen LogP contribution in [0.15, 0.2) is 10.9 Å². The van der Waals surface area contributed by atoms with Gasteiger partial charge in [0.05, 0.1) is 36.2 Å². The molecule has 0 radical (unpaired) electrons. The van der Waals surface area contributed by atoms with E-state index in [1.54, 1.807) is 12.4 Å². The van der Waals surface area contributed by atoms with Crippen molar-refractivity contribution in [3.63, 3.8) is 0 Å². The van der Waals surface area contributed by atoms with Crippen LogP contribution in [0, 0.1) is 6.92 Å². The number of nitrogens with two attached hydrogens (primary N) is 1. The van der Waals surface area contributed by atoms with Crippen LogP contribution in [0.4, 0.5) is 5.13 Å². The minimum atomic E-state index is -0.194. The van der Waals surface area contributed by atoms with Crippen molar-refractivity contribution in [1.82, 2.24) is 15.3 Å². The highest BCUT2D eigenvalue weighted by Gasteiger charge is 2.29. The third-order valence-electron chi connectivity index (χ3n) is 3.57. The number of carbonyl (C=O) groups is 1. The molecule has 2 aromatic heterocycles. The molecule has 7 nitrogen and oxygen atoms in total. The number of anilines is 1. The van der Waals surface area contributed by atoms with Crippen LogP contribution in [0.3, 0.4) is 0 Å². The predicted molar refractivity (Wildman–Crippen MR) is 88.6 cm³/mol. The number of nitrogens with one attached hydrogen (secondary N) is 1. The van der Waals surface area contributed by atoms with Gasteiger partial charge in [0.2, 0.25) is 0 Å². The van der Waals surface area contributed by atoms with Gasteiger partial charge in [-0.2, -0.15) is 0 Å². The van der Waals surface area contributed by atoms with Gasteiger partial charge in [-0.1, -0.05) is 11.3 Å². The summed E-state index contributed by atoms with van der Waals surface area (Å²) in [6.45, 7) is 3.25. The summed E-state index contributed by atoms with van der Waals surface area (Å²) in [4.78, 5) is 21.3. The van der Waals surface area contributed by atoms with Gasteiger partial charge in [-0.25, -0.2) is 9.97 Å². The zero-order valence-electron chi connectivity index (χ0n) is 12.7. The van der Waals surface area contributed by atoms with Crippen molar-refractivity contribution in [2.75, 3.05) is 18.9 Å². The highest BCUT2D eigenvalue weighted by atomic mass is 32.1. The molecule has 3 heterocycles. The van der Waals surface area contributed by atoms with E-state index in [1.165, 1.54) is 22.7 Å². The topological polar surface area (TPSA) is 99.4 Å². The van der Waals surface area contributed by atoms with Crippen LogP contribution in [0.25, 0.3) is 0 Å². The van der Waals surface area contributed by atoms with Crippen LogP contribution >= 0.6 is 22.7 Å². The number of nitrogens with zero attached hydrogens (tertiary/aromatic N) is 2. The average Bonchev–Trinajstić information content (AvgIpc) is 3.15. The number of amides is 1. The average molecular weight is 354 g/mol. The fourth-order valence-corrected chi connectivity index (χ4v) is 3.68. The Morgan fingerprint density at radius 3 is 3.17 bits per heavy atom. The van der Waals surface area contributed by atoms with Gasteiger partial charge in [0.15, 0.2) is 5.13 Å². The van der Waals surface area contributed by atoms with Gasteiger partial charge in [0, 0.05) is 12.0 Å². The molecule has 2 aromatic rings. The van der Waals surface area contributed by atoms with Gasteiger partial charge in [-0.3, -0.25) is 4.79 Å². The monoisotopic (exact) mass is 354 g/mol. The summed E-state index contributed by atoms with van der Waals surface area (Å²) in [6.07, 6.45) is 0.515. The summed E-state index contributed by atoms with van der Waals surface area (Å²) in [6, 6.07) is -0.0994. The minimum Gasteiger partial charge on any atom is -0.379 e. The molecule has 1 amide bonds. The third-order valence-corrected chi connectivity index (χ3v) is 5.19. The smallest absolute Gasteiger partial charge is 0.263 e. The maximum absolute atomic E-state index is 12.4. The number of hydrogen-bond donors (Lipinski definition) is 2. The molecule has 0 spiro atoms. The van der Waals surface area contributed by atoms with Crippen LogP contribution in [-0.4, -0.2) is 41.2 Å². The maximum Gasteiger partial charge on any atom is 0.263 e. The number of thiazole rings is 2. The van der Waals surface area contributed by atoms with Crippen LogP contribution < -0.4 is 11.1 Å². The summed E-state index contributed by atoms with van der Waals surface area (Å²) < 4.78 is 11.4. The Bertz CT molecular complexity index is 659. The molecule has 1 saturated heterocycles. The van der Waals surface area contributed by atoms with Gasteiger partial charge in [0.25, 0.3) is 5.91 Å². The molecule has 124 valence electrons. The van der Waals surface area contributed by atoms with Crippen molar-refractivity contribution in [1.29, 1.82) is 0 Å². The maximum atomic E-state index is 12.4. The molecule has 2 atom stereocenters. The fourth-order valence-electron chi connectivity index (χ4n) is 2.40. The minimum absolute atomic E-state index is 0.0994. The molecule has 0 aromatic carbocycles. The Morgan fingerprint density at radius 2 is 2.48 bits per heavy atom. The number of hydrogen-bond acceptors (Lipinski definition) is 8. The largest absolute Gasteiger partial charge is 0.379 e. The molecule has 9 heteroatoms. The van der Waals surface area contributed by atoms with E-state index in [0.29, 0.717) is 41.9 Å². The number of aryl methyl sites for hydroxylation is 1. The molecule has 1 fully saturated rings. The Balaban J connectivity index is 1.61. The van der Waals surface area contributed by atoms with E-state index >= 15 is 0 Å². The van der Waals surface area contributed by atoms with E-state index in [2.05, 4.69) is 15.3 Å². The molecule has 0 unspecified atom stereocenters. The molecular formula is C14H18N4O3S2. The predicted octanol–water partition coefficient (Wildman–Crippen LogP) is 1.59. The number of aromatic nitrogens is 2. The van der Waals surface area contributed by atoms with Crippen LogP contribution in [-0.2, 0) is 16.1 Å². The summed E-state index contributed by atoms with van der Waals surface area (Å²) in [7, 11) is 0. The first kappa shape index (κ1) is 16.3. The lowest BCUT2D eigenvalue weighted by atomic mass is 10.1. The molecule has 0 bridgehead atoms. The summed E-state index contributed by atoms with van der Waals surface area (Å²) >= 11 is 2.73. The quantitative estimate of drug-likeness (QED) is 0.846. The van der Waals surface area contributed by atoms with Crippen molar-refractivity contribution in [3.05, 3.63) is 27.2 Å². The third kappa shape index (κ3) is 4.05. The van der Waals surface area contributed by atoms with Gasteiger partial charge in [-0.05, 0) is 13.3 Å². The zero-order valence-corrected chi connectivity index (χ0v) is 14.3. The first-order chi connectivity index (χ1) is 11.1. The van der Waals surface area contributed by atoms with Gasteiger partial charge in [-0.15, -0.1) is 11.3 Å². The van der Waals surface area contributed by atoms with E-state index in [1.807, 2.05) is 5.38 Å². The normalized spacial score (nSPS) is 21.3. The number of carbonyl (C=O) groups excluding carboxylic acids is 1. The van der Waals surface area contributed by atoms with Crippen molar-refractivity contribution in [3.8, 4) is 0 Å². The molecule has 3 N–H and O–H groups in total. The lowest BCUT2D eigenvalue weighted by Crippen LogP contribution is -2.49. The first-order valence-corrected chi connectivity index (χ1v) is 8.99. The molecule has 23 heavy (non-hydrogen) atoms. The Hall–Kier alpha value is -1.55. The molecule has 1 aliphatic rings. The highest BCUT2D eigenvalue weighted by Crippen LogP contribution is 2.21. The second-order valence-electron chi connectivity index (χ2n) is 5.24. The van der Waals surface area contributed by atoms with Crippen molar-refractivity contribution < 1.29 is 14.3 Å². The van der Waals surface area contributed by atoms with Crippen LogP contribution in [0.1, 0.15) is 27.5 Å².